The largest absolute Gasteiger partial charge is 0.368 e. The Morgan fingerprint density at radius 1 is 1.75 bits per heavy atom. The number of hydrogen-bond donors (Lipinski definition) is 3. The fourth-order valence-electron chi connectivity index (χ4n) is 0.400. The van der Waals surface area contributed by atoms with E-state index in [1.807, 2.05) is 0 Å². The Hall–Kier alpha value is -0.460. The third kappa shape index (κ3) is 0.726. The van der Waals surface area contributed by atoms with Gasteiger partial charge in [0.05, 0.1) is 0 Å². The number of hydrazine groups is 2. The molecule has 0 atom stereocenters. The highest BCUT2D eigenvalue weighted by molar-refractivity contribution is 7.78. The minimum absolute atomic E-state index is 0.329. The summed E-state index contributed by atoms with van der Waals surface area (Å²) in [7, 11) is 0. The molecule has 4 N–H and O–H groups in total. The first-order chi connectivity index (χ1) is 3.72. The Balaban J connectivity index is 2.59. The second-order valence-electron chi connectivity index (χ2n) is 1.39. The van der Waals surface area contributed by atoms with Crippen molar-refractivity contribution in [3.05, 3.63) is 0 Å². The van der Waals surface area contributed by atoms with E-state index in [0.717, 1.165) is 0 Å². The number of aliphatic imine (C=N–C) groups is 1. The Morgan fingerprint density at radius 3 is 2.50 bits per heavy atom. The molecule has 0 aromatic carbocycles. The van der Waals surface area contributed by atoms with Gasteiger partial charge in [-0.2, -0.15) is 0 Å². The number of nitrogens with two attached hydrogens (primary N) is 2. The first kappa shape index (κ1) is 5.67. The molecule has 0 aromatic rings. The van der Waals surface area contributed by atoms with E-state index >= 15 is 0 Å². The summed E-state index contributed by atoms with van der Waals surface area (Å²) in [4.78, 5) is 3.74. The normalized spacial score (nSPS) is 21.8. The maximum absolute atomic E-state index is 5.26. The van der Waals surface area contributed by atoms with Crippen LogP contribution >= 0.6 is 12.8 Å². The van der Waals surface area contributed by atoms with Crippen LogP contribution in [0.4, 0.5) is 0 Å². The van der Waals surface area contributed by atoms with Crippen LogP contribution in [0.3, 0.4) is 0 Å². The standard InChI is InChI=1S/C2H7N5S/c3-2-5-1-6(4)7(2)8/h8H,1,4H2,(H2,3,5). The maximum atomic E-state index is 5.26. The molecule has 5 nitrogen and oxygen atoms in total. The van der Waals surface area contributed by atoms with Gasteiger partial charge in [0.2, 0.25) is 5.96 Å². The lowest BCUT2D eigenvalue weighted by molar-refractivity contribution is 0.170. The first-order valence-corrected chi connectivity index (χ1v) is 2.43. The van der Waals surface area contributed by atoms with Crippen molar-refractivity contribution in [2.24, 2.45) is 16.6 Å². The van der Waals surface area contributed by atoms with Crippen molar-refractivity contribution in [2.45, 2.75) is 0 Å². The quantitative estimate of drug-likeness (QED) is 0.278. The predicted molar refractivity (Wildman–Crippen MR) is 33.3 cm³/mol. The number of hydrogen-bond acceptors (Lipinski definition) is 6. The molecule has 1 aliphatic rings. The van der Waals surface area contributed by atoms with Gasteiger partial charge in [0.25, 0.3) is 0 Å². The van der Waals surface area contributed by atoms with Gasteiger partial charge in [-0.3, -0.25) is 0 Å². The smallest absolute Gasteiger partial charge is 0.219 e. The van der Waals surface area contributed by atoms with Gasteiger partial charge in [-0.1, -0.05) is 0 Å². The molecule has 0 bridgehead atoms. The molecule has 6 heteroatoms. The number of thiol groups is 1. The zero-order valence-corrected chi connectivity index (χ0v) is 5.05. The van der Waals surface area contributed by atoms with Crippen LogP contribution in [0, 0.1) is 0 Å². The summed E-state index contributed by atoms with van der Waals surface area (Å²) >= 11 is 3.86. The van der Waals surface area contributed by atoms with Crippen LogP contribution in [-0.4, -0.2) is 22.2 Å². The topological polar surface area (TPSA) is 70.9 Å². The van der Waals surface area contributed by atoms with Crippen LogP contribution in [0.2, 0.25) is 0 Å². The van der Waals surface area contributed by atoms with Crippen LogP contribution in [0.1, 0.15) is 0 Å². The Bertz CT molecular complexity index is 122. The van der Waals surface area contributed by atoms with Crippen molar-refractivity contribution < 1.29 is 0 Å². The summed E-state index contributed by atoms with van der Waals surface area (Å²) in [6.45, 7) is 0.384. The van der Waals surface area contributed by atoms with E-state index < -0.39 is 0 Å². The van der Waals surface area contributed by atoms with Crippen molar-refractivity contribution in [1.82, 2.24) is 9.53 Å². The molecule has 8 heavy (non-hydrogen) atoms. The van der Waals surface area contributed by atoms with Crippen molar-refractivity contribution in [1.29, 1.82) is 0 Å². The average molecular weight is 133 g/mol. The SMILES string of the molecule is NC1=NCN(N)N1S. The molecule has 0 amide bonds. The van der Waals surface area contributed by atoms with Crippen molar-refractivity contribution in [2.75, 3.05) is 6.67 Å². The van der Waals surface area contributed by atoms with Crippen LogP contribution in [0.15, 0.2) is 4.99 Å². The van der Waals surface area contributed by atoms with Gasteiger partial charge >= 0.3 is 0 Å². The van der Waals surface area contributed by atoms with Gasteiger partial charge < -0.3 is 5.73 Å². The third-order valence-electron chi connectivity index (χ3n) is 0.826. The number of rotatable bonds is 0. The molecular weight excluding hydrogens is 126 g/mol. The van der Waals surface area contributed by atoms with Gasteiger partial charge in [0, 0.05) is 0 Å². The molecule has 0 unspecified atom stereocenters. The Kier molecular flexibility index (Phi) is 1.28. The van der Waals surface area contributed by atoms with E-state index in [-0.39, 0.29) is 0 Å². The van der Waals surface area contributed by atoms with E-state index in [4.69, 9.17) is 11.6 Å². The van der Waals surface area contributed by atoms with E-state index in [0.29, 0.717) is 12.6 Å². The minimum Gasteiger partial charge on any atom is -0.368 e. The molecule has 0 radical (unpaired) electrons. The van der Waals surface area contributed by atoms with Crippen LogP contribution in [0.5, 0.6) is 0 Å². The minimum atomic E-state index is 0.329. The predicted octanol–water partition coefficient (Wildman–Crippen LogP) is -1.49. The summed E-state index contributed by atoms with van der Waals surface area (Å²) in [6, 6.07) is 0. The highest BCUT2D eigenvalue weighted by Crippen LogP contribution is 2.01. The summed E-state index contributed by atoms with van der Waals surface area (Å²) < 4.78 is 1.28. The molecule has 1 rings (SSSR count). The molecule has 0 fully saturated rings. The molecule has 0 saturated heterocycles. The van der Waals surface area contributed by atoms with Crippen molar-refractivity contribution in [3.63, 3.8) is 0 Å². The van der Waals surface area contributed by atoms with Crippen molar-refractivity contribution in [3.8, 4) is 0 Å². The van der Waals surface area contributed by atoms with E-state index in [1.165, 1.54) is 9.53 Å². The Labute approximate surface area is 52.4 Å². The molecular formula is C2H7N5S. The lowest BCUT2D eigenvalue weighted by Gasteiger charge is -2.16. The fourth-order valence-corrected chi connectivity index (χ4v) is 0.519. The lowest BCUT2D eigenvalue weighted by Crippen LogP contribution is -2.42. The van der Waals surface area contributed by atoms with Crippen molar-refractivity contribution >= 4 is 18.8 Å². The zero-order chi connectivity index (χ0) is 6.15. The van der Waals surface area contributed by atoms with Crippen LogP contribution in [-0.2, 0) is 0 Å². The van der Waals surface area contributed by atoms with Gasteiger partial charge in [0.1, 0.15) is 6.67 Å². The van der Waals surface area contributed by atoms with Gasteiger partial charge in [-0.15, -0.1) is 5.12 Å². The molecule has 0 aliphatic carbocycles. The first-order valence-electron chi connectivity index (χ1n) is 2.03. The van der Waals surface area contributed by atoms with Crippen LogP contribution in [0.25, 0.3) is 0 Å². The molecule has 1 heterocycles. The summed E-state index contributed by atoms with van der Waals surface area (Å²) in [5.41, 5.74) is 5.25. The number of nitrogens with zero attached hydrogens (tertiary/aromatic N) is 3. The Morgan fingerprint density at radius 2 is 2.38 bits per heavy atom. The average Bonchev–Trinajstić information content (AvgIpc) is 1.98. The summed E-state index contributed by atoms with van der Waals surface area (Å²) in [5.74, 6) is 5.59. The molecule has 46 valence electrons. The highest BCUT2D eigenvalue weighted by atomic mass is 32.1. The van der Waals surface area contributed by atoms with E-state index in [2.05, 4.69) is 17.8 Å². The molecule has 0 saturated carbocycles. The molecule has 1 aliphatic heterocycles. The molecule has 0 aromatic heterocycles. The monoisotopic (exact) mass is 133 g/mol. The second kappa shape index (κ2) is 1.81. The summed E-state index contributed by atoms with van der Waals surface area (Å²) in [6.07, 6.45) is 0. The van der Waals surface area contributed by atoms with Gasteiger partial charge in [-0.05, 0) is 12.8 Å². The summed E-state index contributed by atoms with van der Waals surface area (Å²) in [5, 5.41) is 1.29. The van der Waals surface area contributed by atoms with Crippen LogP contribution < -0.4 is 11.6 Å². The zero-order valence-electron chi connectivity index (χ0n) is 4.15. The fraction of sp³-hybridized carbons (Fsp3) is 0.500. The maximum Gasteiger partial charge on any atom is 0.219 e. The highest BCUT2D eigenvalue weighted by Gasteiger charge is 2.15. The second-order valence-corrected chi connectivity index (χ2v) is 1.77. The van der Waals surface area contributed by atoms with E-state index in [1.54, 1.807) is 0 Å². The third-order valence-corrected chi connectivity index (χ3v) is 1.26. The number of guanidine groups is 1. The van der Waals surface area contributed by atoms with Gasteiger partial charge in [-0.25, -0.2) is 15.2 Å². The molecule has 0 spiro atoms. The van der Waals surface area contributed by atoms with E-state index in [9.17, 15) is 0 Å². The van der Waals surface area contributed by atoms with Gasteiger partial charge in [0.15, 0.2) is 0 Å². The lowest BCUT2D eigenvalue weighted by atomic mass is 11.1.